The first-order valence-corrected chi connectivity index (χ1v) is 7.87. The number of hydrogen-bond donors (Lipinski definition) is 1. The summed E-state index contributed by atoms with van der Waals surface area (Å²) in [6, 6.07) is 7.53. The Bertz CT molecular complexity index is 844. The third kappa shape index (κ3) is 3.53. The molecular weight excluding hydrogens is 304 g/mol. The number of carbonyl (C=O) groups is 1. The molecule has 124 valence electrons. The lowest BCUT2D eigenvalue weighted by Gasteiger charge is -2.10. The minimum Gasteiger partial charge on any atom is -0.497 e. The molecule has 6 heteroatoms. The van der Waals surface area contributed by atoms with Crippen LogP contribution in [0.1, 0.15) is 22.5 Å². The van der Waals surface area contributed by atoms with Gasteiger partial charge in [0.15, 0.2) is 0 Å². The van der Waals surface area contributed by atoms with Gasteiger partial charge in [0.1, 0.15) is 5.75 Å². The summed E-state index contributed by atoms with van der Waals surface area (Å²) in [5.41, 5.74) is 2.14. The molecule has 0 spiro atoms. The number of ether oxygens (including phenoxy) is 1. The fourth-order valence-corrected chi connectivity index (χ4v) is 2.58. The number of methoxy groups -OCH3 is 1. The molecule has 24 heavy (non-hydrogen) atoms. The summed E-state index contributed by atoms with van der Waals surface area (Å²) < 4.78 is 7.20. The largest absolute Gasteiger partial charge is 0.497 e. The summed E-state index contributed by atoms with van der Waals surface area (Å²) in [5, 5.41) is 3.87. The Kier molecular flexibility index (Phi) is 4.74. The number of imidazole rings is 1. The van der Waals surface area contributed by atoms with Gasteiger partial charge >= 0.3 is 0 Å². The number of rotatable bonds is 6. The summed E-state index contributed by atoms with van der Waals surface area (Å²) in [5.74, 6) is 0.662. The maximum Gasteiger partial charge on any atom is 0.253 e. The molecule has 0 aliphatic heterocycles. The molecule has 0 unspecified atom stereocenters. The SMILES string of the molecule is COc1ccc2cc(C(=O)NCCCn3ccnc3)c(C)nc2c1. The molecule has 0 atom stereocenters. The summed E-state index contributed by atoms with van der Waals surface area (Å²) in [6.45, 7) is 3.28. The van der Waals surface area contributed by atoms with Crippen molar-refractivity contribution in [1.82, 2.24) is 19.9 Å². The topological polar surface area (TPSA) is 69.0 Å². The van der Waals surface area contributed by atoms with E-state index in [9.17, 15) is 4.79 Å². The Hall–Kier alpha value is -2.89. The third-order valence-electron chi connectivity index (χ3n) is 3.90. The number of nitrogens with one attached hydrogen (secondary N) is 1. The standard InChI is InChI=1S/C18H20N4O2/c1-13-16(10-14-4-5-15(24-2)11-17(14)21-13)18(23)20-6-3-8-22-9-7-19-12-22/h4-5,7,9-12H,3,6,8H2,1-2H3,(H,20,23). The molecule has 0 aliphatic rings. The van der Waals surface area contributed by atoms with Crippen LogP contribution in [0.2, 0.25) is 0 Å². The zero-order chi connectivity index (χ0) is 16.9. The van der Waals surface area contributed by atoms with Crippen molar-refractivity contribution in [2.75, 3.05) is 13.7 Å². The van der Waals surface area contributed by atoms with Crippen molar-refractivity contribution in [3.8, 4) is 5.75 Å². The minimum absolute atomic E-state index is 0.0941. The van der Waals surface area contributed by atoms with Crippen molar-refractivity contribution in [1.29, 1.82) is 0 Å². The molecule has 6 nitrogen and oxygen atoms in total. The van der Waals surface area contributed by atoms with E-state index in [1.165, 1.54) is 0 Å². The highest BCUT2D eigenvalue weighted by molar-refractivity contribution is 5.98. The monoisotopic (exact) mass is 324 g/mol. The van der Waals surface area contributed by atoms with Crippen molar-refractivity contribution < 1.29 is 9.53 Å². The van der Waals surface area contributed by atoms with E-state index in [2.05, 4.69) is 15.3 Å². The van der Waals surface area contributed by atoms with Crippen molar-refractivity contribution in [3.05, 3.63) is 54.2 Å². The lowest BCUT2D eigenvalue weighted by atomic mass is 10.1. The molecule has 3 rings (SSSR count). The summed E-state index contributed by atoms with van der Waals surface area (Å²) in [7, 11) is 1.62. The predicted molar refractivity (Wildman–Crippen MR) is 92.2 cm³/mol. The van der Waals surface area contributed by atoms with Crippen molar-refractivity contribution in [2.45, 2.75) is 19.9 Å². The second-order valence-corrected chi connectivity index (χ2v) is 5.59. The summed E-state index contributed by atoms with van der Waals surface area (Å²) >= 11 is 0. The van der Waals surface area contributed by atoms with Gasteiger partial charge in [0.2, 0.25) is 0 Å². The maximum atomic E-state index is 12.4. The average Bonchev–Trinajstić information content (AvgIpc) is 3.10. The van der Waals surface area contributed by atoms with E-state index in [4.69, 9.17) is 4.74 Å². The summed E-state index contributed by atoms with van der Waals surface area (Å²) in [4.78, 5) is 20.9. The number of fused-ring (bicyclic) bond motifs is 1. The van der Waals surface area contributed by atoms with Crippen molar-refractivity contribution in [3.63, 3.8) is 0 Å². The van der Waals surface area contributed by atoms with Gasteiger partial charge in [0.05, 0.1) is 30.2 Å². The molecule has 0 fully saturated rings. The molecule has 1 aromatic carbocycles. The van der Waals surface area contributed by atoms with Gasteiger partial charge in [-0.3, -0.25) is 9.78 Å². The van der Waals surface area contributed by atoms with Crippen LogP contribution in [0.25, 0.3) is 10.9 Å². The van der Waals surface area contributed by atoms with Gasteiger partial charge in [-0.2, -0.15) is 0 Å². The maximum absolute atomic E-state index is 12.4. The van der Waals surface area contributed by atoms with Crippen LogP contribution in [0, 0.1) is 6.92 Å². The first-order valence-electron chi connectivity index (χ1n) is 7.87. The molecule has 0 bridgehead atoms. The highest BCUT2D eigenvalue weighted by atomic mass is 16.5. The normalized spacial score (nSPS) is 10.8. The average molecular weight is 324 g/mol. The number of amides is 1. The quantitative estimate of drug-likeness (QED) is 0.708. The smallest absolute Gasteiger partial charge is 0.253 e. The van der Waals surface area contributed by atoms with E-state index >= 15 is 0 Å². The Morgan fingerprint density at radius 2 is 2.21 bits per heavy atom. The minimum atomic E-state index is -0.0941. The van der Waals surface area contributed by atoms with Gasteiger partial charge in [0, 0.05) is 36.9 Å². The first kappa shape index (κ1) is 16.0. The van der Waals surface area contributed by atoms with E-state index in [1.54, 1.807) is 19.6 Å². The Labute approximate surface area is 140 Å². The van der Waals surface area contributed by atoms with Crippen LogP contribution >= 0.6 is 0 Å². The van der Waals surface area contributed by atoms with Gasteiger partial charge in [0.25, 0.3) is 5.91 Å². The number of hydrogen-bond acceptors (Lipinski definition) is 4. The molecule has 2 heterocycles. The number of nitrogens with zero attached hydrogens (tertiary/aromatic N) is 3. The lowest BCUT2D eigenvalue weighted by molar-refractivity contribution is 0.0952. The molecule has 1 amide bonds. The Balaban J connectivity index is 1.66. The van der Waals surface area contributed by atoms with Crippen LogP contribution in [0.15, 0.2) is 43.0 Å². The number of carbonyl (C=O) groups excluding carboxylic acids is 1. The van der Waals surface area contributed by atoms with E-state index in [-0.39, 0.29) is 5.91 Å². The number of benzene rings is 1. The van der Waals surface area contributed by atoms with Crippen molar-refractivity contribution in [2.24, 2.45) is 0 Å². The highest BCUT2D eigenvalue weighted by Gasteiger charge is 2.11. The molecule has 0 saturated carbocycles. The lowest BCUT2D eigenvalue weighted by Crippen LogP contribution is -2.26. The number of aromatic nitrogens is 3. The second kappa shape index (κ2) is 7.12. The molecule has 2 aromatic heterocycles. The fraction of sp³-hybridized carbons (Fsp3) is 0.278. The van der Waals surface area contributed by atoms with Gasteiger partial charge in [-0.25, -0.2) is 4.98 Å². The highest BCUT2D eigenvalue weighted by Crippen LogP contribution is 2.21. The van der Waals surface area contributed by atoms with Gasteiger partial charge in [-0.15, -0.1) is 0 Å². The molecule has 3 aromatic rings. The zero-order valence-corrected chi connectivity index (χ0v) is 13.8. The van der Waals surface area contributed by atoms with Crippen LogP contribution in [-0.2, 0) is 6.54 Å². The van der Waals surface area contributed by atoms with E-state index < -0.39 is 0 Å². The number of pyridine rings is 1. The van der Waals surface area contributed by atoms with Gasteiger partial charge in [-0.05, 0) is 31.5 Å². The Morgan fingerprint density at radius 1 is 1.33 bits per heavy atom. The zero-order valence-electron chi connectivity index (χ0n) is 13.8. The van der Waals surface area contributed by atoms with Crippen LogP contribution in [0.4, 0.5) is 0 Å². The van der Waals surface area contributed by atoms with Gasteiger partial charge < -0.3 is 14.6 Å². The van der Waals surface area contributed by atoms with Crippen LogP contribution in [0.5, 0.6) is 5.75 Å². The third-order valence-corrected chi connectivity index (χ3v) is 3.90. The molecular formula is C18H20N4O2. The predicted octanol–water partition coefficient (Wildman–Crippen LogP) is 2.57. The van der Waals surface area contributed by atoms with E-state index in [1.807, 2.05) is 42.0 Å². The molecule has 1 N–H and O–H groups in total. The van der Waals surface area contributed by atoms with Crippen LogP contribution in [-0.4, -0.2) is 34.1 Å². The summed E-state index contributed by atoms with van der Waals surface area (Å²) in [6.07, 6.45) is 6.28. The van der Waals surface area contributed by atoms with Gasteiger partial charge in [-0.1, -0.05) is 0 Å². The van der Waals surface area contributed by atoms with E-state index in [0.717, 1.165) is 29.6 Å². The Morgan fingerprint density at radius 3 is 2.96 bits per heavy atom. The number of aryl methyl sites for hydroxylation is 2. The molecule has 0 aliphatic carbocycles. The van der Waals surface area contributed by atoms with Crippen LogP contribution < -0.4 is 10.1 Å². The molecule has 0 saturated heterocycles. The second-order valence-electron chi connectivity index (χ2n) is 5.59. The fourth-order valence-electron chi connectivity index (χ4n) is 2.58. The van der Waals surface area contributed by atoms with Crippen molar-refractivity contribution >= 4 is 16.8 Å². The first-order chi connectivity index (χ1) is 11.7. The van der Waals surface area contributed by atoms with E-state index in [0.29, 0.717) is 17.8 Å². The van der Waals surface area contributed by atoms with Crippen LogP contribution in [0.3, 0.4) is 0 Å². The molecule has 0 radical (unpaired) electrons.